The minimum atomic E-state index is -4.05. The number of ether oxygens (including phenoxy) is 10. The highest BCUT2D eigenvalue weighted by Crippen LogP contribution is 2.76. The molecule has 32 nitrogen and oxygen atoms in total. The summed E-state index contributed by atoms with van der Waals surface area (Å²) < 4.78 is 57.0. The van der Waals surface area contributed by atoms with E-state index in [0.29, 0.717) is 30.3 Å². The Morgan fingerprint density at radius 3 is 1.77 bits per heavy atom. The van der Waals surface area contributed by atoms with E-state index in [1.54, 1.807) is 0 Å². The minimum Gasteiger partial charge on any atom is -0.504 e. The molecule has 0 amide bonds. The lowest BCUT2D eigenvalue weighted by molar-refractivity contribution is -0.459. The van der Waals surface area contributed by atoms with Crippen molar-refractivity contribution in [2.45, 2.75) is 78.2 Å². The molecule has 9 aliphatic rings. The summed E-state index contributed by atoms with van der Waals surface area (Å²) in [5.41, 5.74) is -15.4. The van der Waals surface area contributed by atoms with Crippen LogP contribution in [0.15, 0.2) is 30.3 Å². The number of fused-ring (bicyclic) bond motifs is 5. The molecule has 6 bridgehead atoms. The molecule has 79 heavy (non-hydrogen) atoms. The van der Waals surface area contributed by atoms with Crippen LogP contribution >= 0.6 is 0 Å². The van der Waals surface area contributed by atoms with Crippen molar-refractivity contribution in [1.82, 2.24) is 0 Å². The Labute approximate surface area is 433 Å². The SMILES string of the molecule is O=C(O[C@@H]1O[C@@H]2COC(=O)c3cc(O)c(O)c(O)c3-c3c(cc(O)c(O)c3O)C(=O)O[C@@H]3[C@H]1OC(=O)c1cc(O)c(O)c4c1[C@H]1[C@](O)(O4)[C@]4(O)O[C@]5(C(=O)O[C@H]6[C@@H](O)CO[C@@]65O)[C@]1(CC4=O)C(=O)O[C@@H]32)c1cc(O)c(O)c(O)c1. The number of esters is 6. The van der Waals surface area contributed by atoms with Crippen LogP contribution in [0.25, 0.3) is 11.1 Å². The standard InChI is InChI=1S/C47H34O32/c48-13-1-9(2-14(49)24(13)55)36(61)77-40-33-32-30(19(72-40)8-70-37(62)10-3-15(50)25(56)28(59)21(10)22-11(38(63)73-32)4-16(51)26(57)29(22)60)75-41(65)43-6-20(54)45(67,79-44(43)42(66)76-35-18(53)7-71-47(35,44)69)46(68)34(43)23-12(39(64)74-33)5-17(52)27(58)31(23)78-46/h1-5,18-19,30,32-35,40,48-53,55-60,67-69H,6-8H2/t18-,19+,30+,32-,33+,34+,35-,40-,43-,44+,45+,46-,47-/m0/s1. The molecular weight excluding hydrogens is 1080 g/mol. The van der Waals surface area contributed by atoms with Crippen molar-refractivity contribution < 1.29 is 158 Å². The number of rotatable bonds is 2. The van der Waals surface area contributed by atoms with E-state index in [9.17, 15) is 95.8 Å². The molecule has 414 valence electrons. The topological polar surface area (TPSA) is 515 Å². The molecule has 1 saturated carbocycles. The quantitative estimate of drug-likeness (QED) is 0.0545. The van der Waals surface area contributed by atoms with Gasteiger partial charge in [-0.1, -0.05) is 0 Å². The fourth-order valence-corrected chi connectivity index (χ4v) is 11.7. The molecule has 8 aliphatic heterocycles. The largest absolute Gasteiger partial charge is 0.504 e. The summed E-state index contributed by atoms with van der Waals surface area (Å²) in [6, 6.07) is 2.11. The van der Waals surface area contributed by atoms with Gasteiger partial charge in [-0.25, -0.2) is 24.0 Å². The minimum absolute atomic E-state index is 0.311. The van der Waals surface area contributed by atoms with Gasteiger partial charge in [0.2, 0.25) is 41.0 Å². The Morgan fingerprint density at radius 2 is 1.14 bits per heavy atom. The van der Waals surface area contributed by atoms with Crippen LogP contribution in [-0.4, -0.2) is 197 Å². The number of phenols is 11. The first-order valence-corrected chi connectivity index (χ1v) is 22.8. The van der Waals surface area contributed by atoms with Crippen molar-refractivity contribution in [1.29, 1.82) is 0 Å². The summed E-state index contributed by atoms with van der Waals surface area (Å²) in [6.45, 7) is -2.44. The fourth-order valence-electron chi connectivity index (χ4n) is 11.7. The Balaban J connectivity index is 1.13. The molecule has 8 heterocycles. The third kappa shape index (κ3) is 6.05. The molecule has 4 aromatic rings. The number of benzene rings is 4. The molecule has 1 aliphatic carbocycles. The zero-order valence-electron chi connectivity index (χ0n) is 38.8. The average Bonchev–Trinajstić information content (AvgIpc) is 1.67. The number of phenolic OH excluding ortho intramolecular Hbond substituents is 11. The highest BCUT2D eigenvalue weighted by molar-refractivity contribution is 6.09. The number of ketones is 1. The second kappa shape index (κ2) is 15.9. The number of aromatic hydroxyl groups is 11. The summed E-state index contributed by atoms with van der Waals surface area (Å²) in [7, 11) is 0. The van der Waals surface area contributed by atoms with Crippen LogP contribution in [0.5, 0.6) is 69.0 Å². The van der Waals surface area contributed by atoms with Crippen molar-refractivity contribution in [3.05, 3.63) is 58.1 Å². The van der Waals surface area contributed by atoms with Crippen LogP contribution in [-0.2, 0) is 57.0 Å². The molecule has 0 aromatic heterocycles. The lowest BCUT2D eigenvalue weighted by atomic mass is 9.47. The highest BCUT2D eigenvalue weighted by atomic mass is 16.8. The molecule has 2 spiro atoms. The van der Waals surface area contributed by atoms with Crippen LogP contribution in [0.2, 0.25) is 0 Å². The van der Waals surface area contributed by atoms with Crippen molar-refractivity contribution in [2.24, 2.45) is 5.41 Å². The number of aliphatic hydroxyl groups excluding tert-OH is 1. The van der Waals surface area contributed by atoms with Crippen molar-refractivity contribution in [2.75, 3.05) is 13.2 Å². The maximum absolute atomic E-state index is 16.2. The third-order valence-electron chi connectivity index (χ3n) is 15.2. The van der Waals surface area contributed by atoms with Crippen molar-refractivity contribution in [3.8, 4) is 80.1 Å². The van der Waals surface area contributed by atoms with Gasteiger partial charge in [0.05, 0.1) is 34.8 Å². The zero-order valence-corrected chi connectivity index (χ0v) is 38.8. The van der Waals surface area contributed by atoms with Crippen LogP contribution in [0.3, 0.4) is 0 Å². The first-order chi connectivity index (χ1) is 37.1. The van der Waals surface area contributed by atoms with Gasteiger partial charge < -0.3 is 124 Å². The molecule has 4 aromatic carbocycles. The van der Waals surface area contributed by atoms with Crippen molar-refractivity contribution in [3.63, 3.8) is 0 Å². The van der Waals surface area contributed by atoms with Gasteiger partial charge in [0.15, 0.2) is 75.8 Å². The van der Waals surface area contributed by atoms with E-state index >= 15 is 14.4 Å². The van der Waals surface area contributed by atoms with Crippen LogP contribution in [0, 0.1) is 5.41 Å². The van der Waals surface area contributed by atoms with E-state index in [1.165, 1.54) is 0 Å². The van der Waals surface area contributed by atoms with Gasteiger partial charge in [0.1, 0.15) is 24.2 Å². The summed E-state index contributed by atoms with van der Waals surface area (Å²) in [5.74, 6) is -43.9. The summed E-state index contributed by atoms with van der Waals surface area (Å²) >= 11 is 0. The Hall–Kier alpha value is -9.31. The van der Waals surface area contributed by atoms with Gasteiger partial charge in [-0.15, -0.1) is 0 Å². The van der Waals surface area contributed by atoms with E-state index < -0.39 is 246 Å². The second-order valence-electron chi connectivity index (χ2n) is 19.2. The van der Waals surface area contributed by atoms with E-state index in [2.05, 4.69) is 0 Å². The van der Waals surface area contributed by atoms with Gasteiger partial charge in [-0.3, -0.25) is 9.59 Å². The second-order valence-corrected chi connectivity index (χ2v) is 19.2. The maximum atomic E-state index is 16.2. The molecular formula is C47H34O32. The third-order valence-corrected chi connectivity index (χ3v) is 15.2. The molecule has 13 atom stereocenters. The molecule has 0 unspecified atom stereocenters. The van der Waals surface area contributed by atoms with E-state index in [1.807, 2.05) is 0 Å². The Bertz CT molecular complexity index is 3530. The zero-order chi connectivity index (χ0) is 56.9. The predicted molar refractivity (Wildman–Crippen MR) is 232 cm³/mol. The molecule has 6 fully saturated rings. The number of cyclic esters (lactones) is 1. The molecule has 15 N–H and O–H groups in total. The normalized spacial score (nSPS) is 34.6. The Kier molecular flexibility index (Phi) is 10.2. The lowest BCUT2D eigenvalue weighted by Gasteiger charge is -2.64. The number of carbonyl (C=O) groups is 7. The van der Waals surface area contributed by atoms with Gasteiger partial charge in [0.25, 0.3) is 11.6 Å². The van der Waals surface area contributed by atoms with E-state index in [-0.39, 0.29) is 0 Å². The first kappa shape index (κ1) is 50.5. The highest BCUT2D eigenvalue weighted by Gasteiger charge is 2.97. The smallest absolute Gasteiger partial charge is 0.346 e. The van der Waals surface area contributed by atoms with Gasteiger partial charge >= 0.3 is 35.8 Å². The average molecular weight is 1110 g/mol. The monoisotopic (exact) mass is 1110 g/mol. The number of hydrogen-bond donors (Lipinski definition) is 15. The first-order valence-electron chi connectivity index (χ1n) is 22.8. The summed E-state index contributed by atoms with van der Waals surface area (Å²) in [5, 5.41) is 167. The van der Waals surface area contributed by atoms with Crippen molar-refractivity contribution >= 4 is 41.6 Å². The van der Waals surface area contributed by atoms with Crippen LogP contribution in [0.4, 0.5) is 0 Å². The molecule has 5 saturated heterocycles. The fraction of sp³-hybridized carbons (Fsp3) is 0.340. The van der Waals surface area contributed by atoms with Gasteiger partial charge in [-0.2, -0.15) is 0 Å². The van der Waals surface area contributed by atoms with Crippen LogP contribution < -0.4 is 4.74 Å². The maximum Gasteiger partial charge on any atom is 0.346 e. The van der Waals surface area contributed by atoms with Gasteiger partial charge in [0, 0.05) is 23.1 Å². The number of hydrogen-bond acceptors (Lipinski definition) is 32. The Morgan fingerprint density at radius 1 is 0.582 bits per heavy atom. The molecule has 13 rings (SSSR count). The molecule has 32 heteroatoms. The summed E-state index contributed by atoms with van der Waals surface area (Å²) in [4.78, 5) is 104. The lowest BCUT2D eigenvalue weighted by Crippen LogP contribution is -2.88. The number of aliphatic hydroxyl groups is 4. The molecule has 0 radical (unpaired) electrons. The summed E-state index contributed by atoms with van der Waals surface area (Å²) in [6.07, 6.45) is -19.5. The number of Topliss-reactive ketones (excluding diaryl/α,β-unsaturated/α-hetero) is 1. The van der Waals surface area contributed by atoms with E-state index in [0.717, 1.165) is 0 Å². The van der Waals surface area contributed by atoms with Gasteiger partial charge in [-0.05, 0) is 30.3 Å². The van der Waals surface area contributed by atoms with Crippen LogP contribution in [0.1, 0.15) is 59.3 Å². The van der Waals surface area contributed by atoms with E-state index in [4.69, 9.17) is 47.4 Å². The number of carbonyl (C=O) groups excluding carboxylic acids is 7. The predicted octanol–water partition coefficient (Wildman–Crippen LogP) is -2.87.